The predicted molar refractivity (Wildman–Crippen MR) is 102 cm³/mol. The van der Waals surface area contributed by atoms with Crippen LogP contribution < -0.4 is 4.90 Å². The van der Waals surface area contributed by atoms with Gasteiger partial charge in [0.2, 0.25) is 0 Å². The molecule has 5 nitrogen and oxygen atoms in total. The average molecular weight is 386 g/mol. The van der Waals surface area contributed by atoms with E-state index in [1.807, 2.05) is 24.3 Å². The lowest BCUT2D eigenvalue weighted by molar-refractivity contribution is -0.123. The van der Waals surface area contributed by atoms with Crippen LogP contribution in [0.2, 0.25) is 0 Å². The van der Waals surface area contributed by atoms with Crippen LogP contribution in [0.15, 0.2) is 48.5 Å². The molecule has 0 radical (unpaired) electrons. The van der Waals surface area contributed by atoms with Gasteiger partial charge in [0.15, 0.2) is 4.87 Å². The van der Waals surface area contributed by atoms with Gasteiger partial charge in [-0.2, -0.15) is 0 Å². The first-order chi connectivity index (χ1) is 13.1. The standard InChI is InChI=1S/C20H19FN2O3S/c1-26-12-10-22-17-9-5-3-7-15(17)20(19(22)25)23(11-13-27-20)18(24)14-6-2-4-8-16(14)21/h2-9H,10-13H2,1H3. The molecule has 4 rings (SSSR count). The van der Waals surface area contributed by atoms with E-state index in [9.17, 15) is 14.0 Å². The fourth-order valence-corrected chi connectivity index (χ4v) is 5.21. The van der Waals surface area contributed by atoms with Gasteiger partial charge in [0.1, 0.15) is 5.82 Å². The second-order valence-electron chi connectivity index (χ2n) is 6.40. The molecule has 7 heteroatoms. The number of methoxy groups -OCH3 is 1. The van der Waals surface area contributed by atoms with E-state index in [0.717, 1.165) is 11.3 Å². The third-order valence-corrected chi connectivity index (χ3v) is 6.39. The Morgan fingerprint density at radius 1 is 1.22 bits per heavy atom. The van der Waals surface area contributed by atoms with Crippen LogP contribution in [0.3, 0.4) is 0 Å². The monoisotopic (exact) mass is 386 g/mol. The van der Waals surface area contributed by atoms with Crippen LogP contribution in [0.25, 0.3) is 0 Å². The van der Waals surface area contributed by atoms with Crippen LogP contribution in [0.1, 0.15) is 15.9 Å². The third kappa shape index (κ3) is 2.64. The highest BCUT2D eigenvalue weighted by Crippen LogP contribution is 2.54. The van der Waals surface area contributed by atoms with E-state index in [1.54, 1.807) is 24.1 Å². The van der Waals surface area contributed by atoms with Gasteiger partial charge in [-0.1, -0.05) is 30.3 Å². The van der Waals surface area contributed by atoms with Gasteiger partial charge in [-0.05, 0) is 18.2 Å². The van der Waals surface area contributed by atoms with Crippen molar-refractivity contribution in [2.24, 2.45) is 0 Å². The molecule has 2 aromatic rings. The molecular formula is C20H19FN2O3S. The first kappa shape index (κ1) is 18.0. The minimum absolute atomic E-state index is 0.0139. The number of benzene rings is 2. The maximum Gasteiger partial charge on any atom is 0.268 e. The second kappa shape index (κ2) is 6.98. The lowest BCUT2D eigenvalue weighted by Crippen LogP contribution is -2.51. The van der Waals surface area contributed by atoms with Crippen molar-refractivity contribution >= 4 is 29.3 Å². The zero-order chi connectivity index (χ0) is 19.0. The van der Waals surface area contributed by atoms with Crippen molar-refractivity contribution in [3.05, 3.63) is 65.5 Å². The number of amides is 2. The SMILES string of the molecule is COCCN1C(=O)C2(SCCN2C(=O)c2ccccc2F)c2ccccc21. The van der Waals surface area contributed by atoms with E-state index in [1.165, 1.54) is 28.8 Å². The molecule has 1 saturated heterocycles. The van der Waals surface area contributed by atoms with Gasteiger partial charge < -0.3 is 14.5 Å². The number of halogens is 1. The summed E-state index contributed by atoms with van der Waals surface area (Å²) in [5.74, 6) is -0.606. The van der Waals surface area contributed by atoms with Gasteiger partial charge in [0.25, 0.3) is 11.8 Å². The number of carbonyl (C=O) groups is 2. The van der Waals surface area contributed by atoms with E-state index in [0.29, 0.717) is 25.4 Å². The Kier molecular flexibility index (Phi) is 4.65. The maximum absolute atomic E-state index is 14.2. The zero-order valence-corrected chi connectivity index (χ0v) is 15.7. The highest BCUT2D eigenvalue weighted by molar-refractivity contribution is 8.01. The Balaban J connectivity index is 1.80. The number of thioether (sulfide) groups is 1. The maximum atomic E-state index is 14.2. The Morgan fingerprint density at radius 3 is 2.74 bits per heavy atom. The van der Waals surface area contributed by atoms with Crippen molar-refractivity contribution < 1.29 is 18.7 Å². The summed E-state index contributed by atoms with van der Waals surface area (Å²) in [5, 5.41) is 0. The molecule has 2 amide bonds. The molecule has 27 heavy (non-hydrogen) atoms. The van der Waals surface area contributed by atoms with Gasteiger partial charge in [0.05, 0.1) is 17.9 Å². The van der Waals surface area contributed by atoms with Gasteiger partial charge in [-0.25, -0.2) is 4.39 Å². The minimum atomic E-state index is -1.15. The van der Waals surface area contributed by atoms with Crippen molar-refractivity contribution in [1.82, 2.24) is 4.90 Å². The van der Waals surface area contributed by atoms with Crippen LogP contribution in [0.5, 0.6) is 0 Å². The second-order valence-corrected chi connectivity index (χ2v) is 7.68. The number of rotatable bonds is 4. The first-order valence-electron chi connectivity index (χ1n) is 8.72. The lowest BCUT2D eigenvalue weighted by atomic mass is 10.0. The molecule has 2 aliphatic heterocycles. The number of hydrogen-bond acceptors (Lipinski definition) is 4. The summed E-state index contributed by atoms with van der Waals surface area (Å²) in [6.07, 6.45) is 0. The number of carbonyl (C=O) groups excluding carboxylic acids is 2. The molecule has 1 fully saturated rings. The quantitative estimate of drug-likeness (QED) is 0.811. The van der Waals surface area contributed by atoms with Crippen molar-refractivity contribution in [2.75, 3.05) is 37.5 Å². The third-order valence-electron chi connectivity index (χ3n) is 4.97. The van der Waals surface area contributed by atoms with E-state index >= 15 is 0 Å². The molecule has 1 unspecified atom stereocenters. The van der Waals surface area contributed by atoms with E-state index in [-0.39, 0.29) is 11.5 Å². The Bertz CT molecular complexity index is 906. The van der Waals surface area contributed by atoms with Crippen LogP contribution >= 0.6 is 11.8 Å². The van der Waals surface area contributed by atoms with Gasteiger partial charge in [-0.15, -0.1) is 11.8 Å². The van der Waals surface area contributed by atoms with Crippen molar-refractivity contribution in [1.29, 1.82) is 0 Å². The van der Waals surface area contributed by atoms with Crippen molar-refractivity contribution in [2.45, 2.75) is 4.87 Å². The number of para-hydroxylation sites is 1. The van der Waals surface area contributed by atoms with Crippen LogP contribution in [-0.4, -0.2) is 49.3 Å². The smallest absolute Gasteiger partial charge is 0.268 e. The summed E-state index contributed by atoms with van der Waals surface area (Å²) in [4.78, 5) is 28.7. The summed E-state index contributed by atoms with van der Waals surface area (Å²) < 4.78 is 19.4. The summed E-state index contributed by atoms with van der Waals surface area (Å²) >= 11 is 1.43. The molecule has 1 spiro atoms. The number of ether oxygens (including phenoxy) is 1. The van der Waals surface area contributed by atoms with Crippen LogP contribution in [-0.2, 0) is 14.4 Å². The van der Waals surface area contributed by atoms with Crippen molar-refractivity contribution in [3.63, 3.8) is 0 Å². The molecule has 1 atom stereocenters. The highest BCUT2D eigenvalue weighted by Gasteiger charge is 2.59. The Labute approximate surface area is 161 Å². The summed E-state index contributed by atoms with van der Waals surface area (Å²) in [7, 11) is 1.58. The van der Waals surface area contributed by atoms with E-state index in [4.69, 9.17) is 4.74 Å². The fraction of sp³-hybridized carbons (Fsp3) is 0.300. The summed E-state index contributed by atoms with van der Waals surface area (Å²) in [6, 6.07) is 13.4. The minimum Gasteiger partial charge on any atom is -0.383 e. The molecule has 0 aliphatic carbocycles. The average Bonchev–Trinajstić information content (AvgIpc) is 3.23. The highest BCUT2D eigenvalue weighted by atomic mass is 32.2. The van der Waals surface area contributed by atoms with Crippen molar-refractivity contribution in [3.8, 4) is 0 Å². The fourth-order valence-electron chi connectivity index (χ4n) is 3.75. The number of anilines is 1. The molecule has 140 valence electrons. The topological polar surface area (TPSA) is 49.9 Å². The largest absolute Gasteiger partial charge is 0.383 e. The normalized spacial score (nSPS) is 21.2. The number of fused-ring (bicyclic) bond motifs is 2. The van der Waals surface area contributed by atoms with Gasteiger partial charge in [-0.3, -0.25) is 9.59 Å². The Hall–Kier alpha value is -2.38. The molecule has 2 aliphatic rings. The summed E-state index contributed by atoms with van der Waals surface area (Å²) in [6.45, 7) is 1.18. The molecule has 0 N–H and O–H groups in total. The number of hydrogen-bond donors (Lipinski definition) is 0. The van der Waals surface area contributed by atoms with Gasteiger partial charge in [0, 0.05) is 31.5 Å². The molecule has 2 aromatic carbocycles. The lowest BCUT2D eigenvalue weighted by Gasteiger charge is -2.33. The van der Waals surface area contributed by atoms with Crippen LogP contribution in [0, 0.1) is 5.82 Å². The molecule has 2 heterocycles. The number of nitrogens with zero attached hydrogens (tertiary/aromatic N) is 2. The zero-order valence-electron chi connectivity index (χ0n) is 14.9. The molecular weight excluding hydrogens is 367 g/mol. The first-order valence-corrected chi connectivity index (χ1v) is 9.70. The molecule has 0 bridgehead atoms. The molecule has 0 aromatic heterocycles. The van der Waals surface area contributed by atoms with Gasteiger partial charge >= 0.3 is 0 Å². The summed E-state index contributed by atoms with van der Waals surface area (Å²) in [5.41, 5.74) is 1.54. The Morgan fingerprint density at radius 2 is 1.96 bits per heavy atom. The molecule has 0 saturated carbocycles. The van der Waals surface area contributed by atoms with Crippen LogP contribution in [0.4, 0.5) is 10.1 Å². The van der Waals surface area contributed by atoms with E-state index in [2.05, 4.69) is 0 Å². The predicted octanol–water partition coefficient (Wildman–Crippen LogP) is 2.86. The van der Waals surface area contributed by atoms with E-state index < -0.39 is 16.6 Å².